The number of hydrogen-bond donors (Lipinski definition) is 1. The second kappa shape index (κ2) is 10.4. The molecule has 0 saturated carbocycles. The Morgan fingerprint density at radius 1 is 1.12 bits per heavy atom. The quantitative estimate of drug-likeness (QED) is 0.565. The number of aryl methyl sites for hydroxylation is 1. The molecular formula is C19H25N5O5S3. The number of sulfonamides is 1. The second-order valence-electron chi connectivity index (χ2n) is 7.28. The molecule has 174 valence electrons. The smallest absolute Gasteiger partial charge is 0.243 e. The summed E-state index contributed by atoms with van der Waals surface area (Å²) in [6, 6.07) is 4.93. The molecule has 0 atom stereocenters. The number of nitrogens with one attached hydrogen (secondary N) is 1. The fourth-order valence-corrected chi connectivity index (χ4v) is 6.70. The number of carbonyl (C=O) groups is 1. The molecule has 0 radical (unpaired) electrons. The lowest BCUT2D eigenvalue weighted by Crippen LogP contribution is -2.40. The van der Waals surface area contributed by atoms with Gasteiger partial charge in [0.2, 0.25) is 21.1 Å². The number of carbonyl (C=O) groups excluding carboxylic acids is 1. The highest BCUT2D eigenvalue weighted by atomic mass is 32.2. The van der Waals surface area contributed by atoms with Gasteiger partial charge in [-0.3, -0.25) is 4.79 Å². The van der Waals surface area contributed by atoms with Gasteiger partial charge in [0.05, 0.1) is 37.1 Å². The van der Waals surface area contributed by atoms with Gasteiger partial charge >= 0.3 is 0 Å². The van der Waals surface area contributed by atoms with Crippen molar-refractivity contribution in [3.8, 4) is 0 Å². The topological polar surface area (TPSA) is 114 Å². The van der Waals surface area contributed by atoms with Crippen LogP contribution in [-0.2, 0) is 24.3 Å². The lowest BCUT2D eigenvalue weighted by molar-refractivity contribution is -0.113. The van der Waals surface area contributed by atoms with Crippen molar-refractivity contribution < 1.29 is 22.7 Å². The molecule has 2 aliphatic rings. The van der Waals surface area contributed by atoms with Crippen LogP contribution in [0, 0.1) is 6.92 Å². The summed E-state index contributed by atoms with van der Waals surface area (Å²) in [5.74, 6) is -0.0892. The second-order valence-corrected chi connectivity index (χ2v) is 11.4. The van der Waals surface area contributed by atoms with Gasteiger partial charge < -0.3 is 19.7 Å². The minimum Gasteiger partial charge on any atom is -0.379 e. The zero-order valence-electron chi connectivity index (χ0n) is 17.7. The molecule has 1 aromatic carbocycles. The number of amides is 1. The van der Waals surface area contributed by atoms with Crippen LogP contribution in [0.2, 0.25) is 0 Å². The van der Waals surface area contributed by atoms with Crippen molar-refractivity contribution >= 4 is 49.8 Å². The van der Waals surface area contributed by atoms with Gasteiger partial charge in [-0.05, 0) is 24.6 Å². The maximum atomic E-state index is 13.0. The van der Waals surface area contributed by atoms with E-state index in [2.05, 4.69) is 20.4 Å². The monoisotopic (exact) mass is 499 g/mol. The number of anilines is 2. The summed E-state index contributed by atoms with van der Waals surface area (Å²) in [5, 5.41) is 12.0. The first-order chi connectivity index (χ1) is 15.4. The molecule has 2 aromatic rings. The number of nitrogens with zero attached hydrogens (tertiary/aromatic N) is 4. The number of hydrogen-bond acceptors (Lipinski definition) is 10. The molecule has 0 unspecified atom stereocenters. The van der Waals surface area contributed by atoms with E-state index in [0.717, 1.165) is 18.2 Å². The molecule has 2 fully saturated rings. The number of thioether (sulfide) groups is 1. The Labute approximate surface area is 195 Å². The highest BCUT2D eigenvalue weighted by Crippen LogP contribution is 2.29. The number of benzene rings is 1. The third kappa shape index (κ3) is 5.58. The van der Waals surface area contributed by atoms with Gasteiger partial charge in [0.15, 0.2) is 4.34 Å². The van der Waals surface area contributed by atoms with E-state index in [1.165, 1.54) is 33.5 Å². The maximum Gasteiger partial charge on any atom is 0.243 e. The summed E-state index contributed by atoms with van der Waals surface area (Å²) in [6.45, 7) is 6.05. The van der Waals surface area contributed by atoms with Crippen LogP contribution in [0.15, 0.2) is 27.4 Å². The summed E-state index contributed by atoms with van der Waals surface area (Å²) < 4.78 is 38.8. The molecule has 0 spiro atoms. The Morgan fingerprint density at radius 3 is 2.53 bits per heavy atom. The standard InChI is InChI=1S/C19H25N5O5S3/c1-14-2-3-15(12-16(14)32(26,27)24-6-10-29-11-7-24)20-17(25)13-30-19-22-21-18(31-19)23-4-8-28-9-5-23/h2-3,12H,4-11,13H2,1H3,(H,20,25). The molecule has 2 aliphatic heterocycles. The fourth-order valence-electron chi connectivity index (χ4n) is 3.35. The van der Waals surface area contributed by atoms with E-state index >= 15 is 0 Å². The molecule has 10 nitrogen and oxygen atoms in total. The van der Waals surface area contributed by atoms with Crippen LogP contribution in [0.25, 0.3) is 0 Å². The third-order valence-electron chi connectivity index (χ3n) is 5.06. The van der Waals surface area contributed by atoms with Crippen molar-refractivity contribution in [2.45, 2.75) is 16.2 Å². The van der Waals surface area contributed by atoms with Crippen LogP contribution in [0.3, 0.4) is 0 Å². The van der Waals surface area contributed by atoms with Crippen LogP contribution in [0.1, 0.15) is 5.56 Å². The Bertz CT molecular complexity index is 1050. The predicted octanol–water partition coefficient (Wildman–Crippen LogP) is 1.43. The molecule has 3 heterocycles. The largest absolute Gasteiger partial charge is 0.379 e. The van der Waals surface area contributed by atoms with Crippen molar-refractivity contribution in [3.05, 3.63) is 23.8 Å². The van der Waals surface area contributed by atoms with Gasteiger partial charge in [-0.25, -0.2) is 8.42 Å². The van der Waals surface area contributed by atoms with E-state index in [-0.39, 0.29) is 16.6 Å². The lowest BCUT2D eigenvalue weighted by atomic mass is 10.2. The maximum absolute atomic E-state index is 13.0. The normalized spacial score (nSPS) is 18.0. The van der Waals surface area contributed by atoms with Crippen molar-refractivity contribution in [2.75, 3.05) is 68.6 Å². The number of rotatable bonds is 7. The van der Waals surface area contributed by atoms with E-state index in [9.17, 15) is 13.2 Å². The highest BCUT2D eigenvalue weighted by molar-refractivity contribution is 8.01. The van der Waals surface area contributed by atoms with Gasteiger partial charge in [-0.1, -0.05) is 29.2 Å². The number of morpholine rings is 2. The average molecular weight is 500 g/mol. The highest BCUT2D eigenvalue weighted by Gasteiger charge is 2.28. The van der Waals surface area contributed by atoms with Crippen LogP contribution in [-0.4, -0.2) is 87.2 Å². The Hall–Kier alpha value is -1.77. The zero-order chi connectivity index (χ0) is 22.6. The van der Waals surface area contributed by atoms with Gasteiger partial charge in [-0.15, -0.1) is 10.2 Å². The molecule has 1 N–H and O–H groups in total. The summed E-state index contributed by atoms with van der Waals surface area (Å²) in [6.07, 6.45) is 0. The predicted molar refractivity (Wildman–Crippen MR) is 123 cm³/mol. The van der Waals surface area contributed by atoms with E-state index in [4.69, 9.17) is 9.47 Å². The molecule has 2 saturated heterocycles. The van der Waals surface area contributed by atoms with E-state index in [0.29, 0.717) is 55.1 Å². The summed E-state index contributed by atoms with van der Waals surface area (Å²) >= 11 is 2.75. The first-order valence-corrected chi connectivity index (χ1v) is 13.4. The van der Waals surface area contributed by atoms with Crippen LogP contribution < -0.4 is 10.2 Å². The number of ether oxygens (including phenoxy) is 2. The molecule has 1 amide bonds. The van der Waals surface area contributed by atoms with Crippen molar-refractivity contribution in [1.82, 2.24) is 14.5 Å². The van der Waals surface area contributed by atoms with Crippen molar-refractivity contribution in [3.63, 3.8) is 0 Å². The Kier molecular flexibility index (Phi) is 7.63. The SMILES string of the molecule is Cc1ccc(NC(=O)CSc2nnc(N3CCOCC3)s2)cc1S(=O)(=O)N1CCOCC1. The zero-order valence-corrected chi connectivity index (χ0v) is 20.1. The van der Waals surface area contributed by atoms with E-state index < -0.39 is 10.0 Å². The first-order valence-electron chi connectivity index (χ1n) is 10.2. The first kappa shape index (κ1) is 23.4. The van der Waals surface area contributed by atoms with Crippen molar-refractivity contribution in [1.29, 1.82) is 0 Å². The van der Waals surface area contributed by atoms with Gasteiger partial charge in [0, 0.05) is 31.9 Å². The molecule has 13 heteroatoms. The molecule has 32 heavy (non-hydrogen) atoms. The Morgan fingerprint density at radius 2 is 1.81 bits per heavy atom. The average Bonchev–Trinajstić information content (AvgIpc) is 3.29. The molecular weight excluding hydrogens is 474 g/mol. The number of aromatic nitrogens is 2. The van der Waals surface area contributed by atoms with Crippen LogP contribution in [0.4, 0.5) is 10.8 Å². The van der Waals surface area contributed by atoms with Gasteiger partial charge in [0.1, 0.15) is 0 Å². The Balaban J connectivity index is 1.36. The van der Waals surface area contributed by atoms with Crippen molar-refractivity contribution in [2.24, 2.45) is 0 Å². The van der Waals surface area contributed by atoms with E-state index in [1.54, 1.807) is 19.1 Å². The molecule has 0 aliphatic carbocycles. The molecule has 0 bridgehead atoms. The summed E-state index contributed by atoms with van der Waals surface area (Å²) in [4.78, 5) is 14.8. The minimum absolute atomic E-state index is 0.150. The summed E-state index contributed by atoms with van der Waals surface area (Å²) in [5.41, 5.74) is 1.08. The van der Waals surface area contributed by atoms with E-state index in [1.807, 2.05) is 0 Å². The van der Waals surface area contributed by atoms with Gasteiger partial charge in [-0.2, -0.15) is 4.31 Å². The third-order valence-corrected chi connectivity index (χ3v) is 9.22. The molecule has 1 aromatic heterocycles. The fraction of sp³-hybridized carbons (Fsp3) is 0.526. The summed E-state index contributed by atoms with van der Waals surface area (Å²) in [7, 11) is -3.65. The van der Waals surface area contributed by atoms with Crippen LogP contribution in [0.5, 0.6) is 0 Å². The van der Waals surface area contributed by atoms with Gasteiger partial charge in [0.25, 0.3) is 0 Å². The minimum atomic E-state index is -3.65. The van der Waals surface area contributed by atoms with Crippen LogP contribution >= 0.6 is 23.1 Å². The lowest BCUT2D eigenvalue weighted by Gasteiger charge is -2.26. The molecule has 4 rings (SSSR count).